The number of nitrogens with one attached hydrogen (secondary N) is 1. The molecule has 1 N–H and O–H groups in total. The highest BCUT2D eigenvalue weighted by Gasteiger charge is 2.39. The molecule has 12 heteroatoms. The number of amides is 2. The minimum Gasteiger partial charge on any atom is -0.371 e. The number of likely N-dealkylation sites (tertiary alicyclic amines) is 1. The predicted octanol–water partition coefficient (Wildman–Crippen LogP) is 3.63. The highest BCUT2D eigenvalue weighted by atomic mass is 16.6. The third-order valence-corrected chi connectivity index (χ3v) is 10.8. The van der Waals surface area contributed by atoms with Gasteiger partial charge in [0.1, 0.15) is 6.04 Å². The molecule has 0 radical (unpaired) electrons. The van der Waals surface area contributed by atoms with E-state index < -0.39 is 11.9 Å². The van der Waals surface area contributed by atoms with Crippen LogP contribution in [0.25, 0.3) is 10.8 Å². The number of piperidine rings is 4. The molecule has 1 spiro atoms. The molecule has 0 saturated carbocycles. The van der Waals surface area contributed by atoms with E-state index in [1.54, 1.807) is 18.3 Å². The van der Waals surface area contributed by atoms with Gasteiger partial charge in [-0.3, -0.25) is 29.8 Å². The summed E-state index contributed by atoms with van der Waals surface area (Å²) in [4.78, 5) is 55.4. The summed E-state index contributed by atoms with van der Waals surface area (Å²) >= 11 is 0. The van der Waals surface area contributed by atoms with E-state index in [2.05, 4.69) is 31.2 Å². The molecule has 236 valence electrons. The molecular formula is C33H39N7O5. The van der Waals surface area contributed by atoms with Gasteiger partial charge in [-0.25, -0.2) is 4.68 Å². The first kappa shape index (κ1) is 29.4. The zero-order chi connectivity index (χ0) is 31.1. The van der Waals surface area contributed by atoms with Crippen molar-refractivity contribution in [2.24, 2.45) is 5.41 Å². The van der Waals surface area contributed by atoms with Crippen molar-refractivity contribution in [2.75, 3.05) is 49.1 Å². The number of hydrogen-bond acceptors (Lipinski definition) is 9. The molecule has 4 fully saturated rings. The molecule has 1 unspecified atom stereocenters. The maximum atomic E-state index is 13.4. The maximum Gasteiger partial charge on any atom is 0.275 e. The van der Waals surface area contributed by atoms with E-state index in [1.807, 2.05) is 24.3 Å². The summed E-state index contributed by atoms with van der Waals surface area (Å²) in [5, 5.41) is 18.8. The normalized spacial score (nSPS) is 23.0. The molecule has 12 nitrogen and oxygen atoms in total. The summed E-state index contributed by atoms with van der Waals surface area (Å²) in [6, 6.07) is 12.7. The predicted molar refractivity (Wildman–Crippen MR) is 170 cm³/mol. The molecule has 0 aliphatic carbocycles. The van der Waals surface area contributed by atoms with Gasteiger partial charge in [-0.15, -0.1) is 0 Å². The van der Waals surface area contributed by atoms with E-state index >= 15 is 0 Å². The van der Waals surface area contributed by atoms with Crippen molar-refractivity contribution < 1.29 is 14.5 Å². The number of imide groups is 1. The Morgan fingerprint density at radius 3 is 2.13 bits per heavy atom. The summed E-state index contributed by atoms with van der Waals surface area (Å²) in [5.74, 6) is -0.792. The van der Waals surface area contributed by atoms with Gasteiger partial charge in [0, 0.05) is 67.5 Å². The quantitative estimate of drug-likeness (QED) is 0.260. The maximum absolute atomic E-state index is 13.4. The van der Waals surface area contributed by atoms with Crippen molar-refractivity contribution in [3.63, 3.8) is 0 Å². The van der Waals surface area contributed by atoms with Crippen molar-refractivity contribution in [3.8, 4) is 0 Å². The highest BCUT2D eigenvalue weighted by molar-refractivity contribution is 5.99. The molecule has 0 bridgehead atoms. The van der Waals surface area contributed by atoms with E-state index in [0.717, 1.165) is 81.7 Å². The van der Waals surface area contributed by atoms with Gasteiger partial charge in [0.15, 0.2) is 0 Å². The molecule has 4 aliphatic heterocycles. The van der Waals surface area contributed by atoms with Gasteiger partial charge in [-0.2, -0.15) is 5.10 Å². The van der Waals surface area contributed by atoms with Crippen LogP contribution < -0.4 is 20.7 Å². The molecule has 1 aromatic heterocycles. The van der Waals surface area contributed by atoms with Crippen LogP contribution in [0.15, 0.2) is 53.5 Å². The van der Waals surface area contributed by atoms with E-state index in [4.69, 9.17) is 0 Å². The lowest BCUT2D eigenvalue weighted by atomic mass is 9.71. The Balaban J connectivity index is 0.938. The number of non-ortho nitro benzene ring substituents is 1. The summed E-state index contributed by atoms with van der Waals surface area (Å²) in [6.07, 6.45) is 9.01. The zero-order valence-corrected chi connectivity index (χ0v) is 25.4. The van der Waals surface area contributed by atoms with E-state index in [0.29, 0.717) is 16.8 Å². The minimum absolute atomic E-state index is 0.132. The number of nitrogens with zero attached hydrogens (tertiary/aromatic N) is 6. The van der Waals surface area contributed by atoms with Crippen LogP contribution in [-0.4, -0.2) is 76.7 Å². The number of benzene rings is 2. The van der Waals surface area contributed by atoms with Crippen LogP contribution in [-0.2, 0) is 9.59 Å². The number of nitro benzene ring substituents is 1. The van der Waals surface area contributed by atoms with E-state index in [1.165, 1.54) is 17.5 Å². The van der Waals surface area contributed by atoms with Crippen LogP contribution in [0.4, 0.5) is 17.1 Å². The van der Waals surface area contributed by atoms with Crippen LogP contribution >= 0.6 is 0 Å². The number of aromatic nitrogens is 2. The van der Waals surface area contributed by atoms with Gasteiger partial charge in [0.2, 0.25) is 5.91 Å². The molecule has 1 atom stereocenters. The van der Waals surface area contributed by atoms with Crippen molar-refractivity contribution in [1.29, 1.82) is 0 Å². The Kier molecular flexibility index (Phi) is 7.76. The fraction of sp³-hybridized carbons (Fsp3) is 0.515. The number of fused-ring (bicyclic) bond motifs is 1. The average Bonchev–Trinajstić information content (AvgIpc) is 3.06. The first-order valence-corrected chi connectivity index (χ1v) is 16.1. The molecule has 7 rings (SSSR count). The van der Waals surface area contributed by atoms with Crippen LogP contribution in [0.2, 0.25) is 0 Å². The largest absolute Gasteiger partial charge is 0.371 e. The summed E-state index contributed by atoms with van der Waals surface area (Å²) in [6.45, 7) is 6.10. The standard InChI is InChI=1S/C33H39N7O5/c41-30-8-7-29(31(42)35-30)39-32(43)28-21-27(2-1-23(28)22-34-39)38-19-13-33(14-20-38)11-17-37(18-12-33)25-9-15-36(16-10-25)24-3-5-26(6-4-24)40(44)45/h1-6,21-22,25,29H,7-20H2,(H,35,41,42). The molecular weight excluding hydrogens is 574 g/mol. The fourth-order valence-corrected chi connectivity index (χ4v) is 7.85. The molecule has 4 saturated heterocycles. The van der Waals surface area contributed by atoms with Gasteiger partial charge in [-0.1, -0.05) is 6.07 Å². The lowest BCUT2D eigenvalue weighted by molar-refractivity contribution is -0.384. The number of carbonyl (C=O) groups is 2. The first-order chi connectivity index (χ1) is 21.8. The second kappa shape index (κ2) is 11.9. The molecule has 5 heterocycles. The number of rotatable bonds is 5. The van der Waals surface area contributed by atoms with Gasteiger partial charge < -0.3 is 14.7 Å². The second-order valence-electron chi connectivity index (χ2n) is 13.1. The fourth-order valence-electron chi connectivity index (χ4n) is 7.85. The number of carbonyl (C=O) groups excluding carboxylic acids is 2. The summed E-state index contributed by atoms with van der Waals surface area (Å²) in [7, 11) is 0. The van der Waals surface area contributed by atoms with Crippen molar-refractivity contribution in [3.05, 3.63) is 69.1 Å². The first-order valence-electron chi connectivity index (χ1n) is 16.1. The van der Waals surface area contributed by atoms with E-state index in [-0.39, 0.29) is 34.9 Å². The lowest BCUT2D eigenvalue weighted by Crippen LogP contribution is -2.52. The number of hydrogen-bond donors (Lipinski definition) is 1. The van der Waals surface area contributed by atoms with Crippen molar-refractivity contribution in [1.82, 2.24) is 20.0 Å². The average molecular weight is 614 g/mol. The Bertz CT molecular complexity index is 1660. The molecule has 2 amide bonds. The van der Waals surface area contributed by atoms with Crippen molar-refractivity contribution >= 4 is 39.6 Å². The Morgan fingerprint density at radius 2 is 1.47 bits per heavy atom. The van der Waals surface area contributed by atoms with Crippen LogP contribution in [0, 0.1) is 15.5 Å². The van der Waals surface area contributed by atoms with Crippen LogP contribution in [0.5, 0.6) is 0 Å². The van der Waals surface area contributed by atoms with Gasteiger partial charge >= 0.3 is 0 Å². The van der Waals surface area contributed by atoms with Crippen LogP contribution in [0.1, 0.15) is 57.4 Å². The molecule has 3 aromatic rings. The Morgan fingerprint density at radius 1 is 0.822 bits per heavy atom. The minimum atomic E-state index is -0.772. The molecule has 4 aliphatic rings. The van der Waals surface area contributed by atoms with Gasteiger partial charge in [-0.05, 0) is 87.7 Å². The van der Waals surface area contributed by atoms with Gasteiger partial charge in [0.05, 0.1) is 16.5 Å². The smallest absolute Gasteiger partial charge is 0.275 e. The Hall–Kier alpha value is -4.32. The zero-order valence-electron chi connectivity index (χ0n) is 25.4. The summed E-state index contributed by atoms with van der Waals surface area (Å²) < 4.78 is 1.23. The second-order valence-corrected chi connectivity index (χ2v) is 13.1. The Labute approximate surface area is 261 Å². The third-order valence-electron chi connectivity index (χ3n) is 10.8. The van der Waals surface area contributed by atoms with Crippen molar-refractivity contribution in [2.45, 2.75) is 63.5 Å². The van der Waals surface area contributed by atoms with Gasteiger partial charge in [0.25, 0.3) is 17.2 Å². The SMILES string of the molecule is O=C1CCC(n2ncc3ccc(N4CCC5(CC4)CCN(C4CCN(c6ccc([N+](=O)[O-])cc6)CC4)CC5)cc3c2=O)C(=O)N1. The monoisotopic (exact) mass is 613 g/mol. The molecule has 45 heavy (non-hydrogen) atoms. The van der Waals surface area contributed by atoms with E-state index in [9.17, 15) is 24.5 Å². The number of nitro groups is 1. The third kappa shape index (κ3) is 5.79. The molecule has 2 aromatic carbocycles. The van der Waals surface area contributed by atoms with Crippen LogP contribution in [0.3, 0.4) is 0 Å². The topological polar surface area (TPSA) is 134 Å². The number of anilines is 2. The highest BCUT2D eigenvalue weighted by Crippen LogP contribution is 2.43. The lowest BCUT2D eigenvalue weighted by Gasteiger charge is -2.50. The summed E-state index contributed by atoms with van der Waals surface area (Å²) in [5.41, 5.74) is 2.28.